The second-order valence-electron chi connectivity index (χ2n) is 5.15. The van der Waals surface area contributed by atoms with Crippen molar-refractivity contribution in [2.24, 2.45) is 9.98 Å². The van der Waals surface area contributed by atoms with E-state index in [1.54, 1.807) is 6.07 Å². The average molecular weight is 259 g/mol. The molecular weight excluding hydrogens is 242 g/mol. The van der Waals surface area contributed by atoms with Gasteiger partial charge < -0.3 is 5.21 Å². The summed E-state index contributed by atoms with van der Waals surface area (Å²) < 4.78 is 0. The summed E-state index contributed by atoms with van der Waals surface area (Å²) in [6.45, 7) is 7.82. The third-order valence-electron chi connectivity index (χ3n) is 2.76. The highest BCUT2D eigenvalue weighted by molar-refractivity contribution is 5.79. The minimum atomic E-state index is -0.534. The molecule has 0 radical (unpaired) electrons. The number of fused-ring (bicyclic) bond motifs is 1. The molecule has 1 aromatic heterocycles. The monoisotopic (exact) mass is 259 g/mol. The summed E-state index contributed by atoms with van der Waals surface area (Å²) in [5.41, 5.74) is 1.52. The minimum absolute atomic E-state index is 0.161. The Labute approximate surface area is 111 Å². The van der Waals surface area contributed by atoms with Crippen LogP contribution in [0.3, 0.4) is 0 Å². The Morgan fingerprint density at radius 1 is 1.37 bits per heavy atom. The van der Waals surface area contributed by atoms with Crippen LogP contribution < -0.4 is 0 Å². The Bertz CT molecular complexity index is 650. The van der Waals surface area contributed by atoms with E-state index in [4.69, 9.17) is 0 Å². The zero-order valence-corrected chi connectivity index (χ0v) is 11.5. The highest BCUT2D eigenvalue weighted by Gasteiger charge is 2.24. The number of benzene rings is 1. The van der Waals surface area contributed by atoms with Crippen molar-refractivity contribution >= 4 is 17.0 Å². The quantitative estimate of drug-likeness (QED) is 0.679. The predicted octanol–water partition coefficient (Wildman–Crippen LogP) is 2.49. The Morgan fingerprint density at radius 2 is 2.11 bits per heavy atom. The molecule has 0 saturated carbocycles. The highest BCUT2D eigenvalue weighted by atomic mass is 16.5. The molecule has 0 amide bonds. The van der Waals surface area contributed by atoms with Gasteiger partial charge in [-0.3, -0.25) is 0 Å². The Kier molecular flexibility index (Phi) is 3.36. The molecule has 1 N–H and O–H groups in total. The van der Waals surface area contributed by atoms with Crippen LogP contribution in [0.15, 0.2) is 28.2 Å². The van der Waals surface area contributed by atoms with Crippen LogP contribution in [0.1, 0.15) is 33.3 Å². The van der Waals surface area contributed by atoms with Crippen molar-refractivity contribution in [3.8, 4) is 0 Å². The maximum atomic E-state index is 9.53. The average Bonchev–Trinajstić information content (AvgIpc) is 2.70. The smallest absolute Gasteiger partial charge is 0.131 e. The molecule has 0 aliphatic carbocycles. The van der Waals surface area contributed by atoms with E-state index in [1.807, 2.05) is 39.8 Å². The van der Waals surface area contributed by atoms with Gasteiger partial charge in [0.15, 0.2) is 0 Å². The summed E-state index contributed by atoms with van der Waals surface area (Å²) in [5.74, 6) is 0. The normalized spacial score (nSPS) is 11.6. The first-order chi connectivity index (χ1) is 8.92. The predicted molar refractivity (Wildman–Crippen MR) is 72.7 cm³/mol. The first-order valence-corrected chi connectivity index (χ1v) is 6.12. The molecule has 100 valence electrons. The molecule has 0 aliphatic heterocycles. The van der Waals surface area contributed by atoms with E-state index in [0.29, 0.717) is 11.0 Å². The Hall–Kier alpha value is -2.20. The van der Waals surface area contributed by atoms with E-state index >= 15 is 0 Å². The second kappa shape index (κ2) is 4.82. The SMILES string of the molecule is CC(C)N=C=NC(C)(C)c1cccc2c1nnn2O. The molecule has 6 nitrogen and oxygen atoms in total. The Balaban J connectivity index is 2.51. The molecule has 0 saturated heterocycles. The number of aromatic nitrogens is 3. The summed E-state index contributed by atoms with van der Waals surface area (Å²) in [7, 11) is 0. The lowest BCUT2D eigenvalue weighted by molar-refractivity contribution is 0.155. The summed E-state index contributed by atoms with van der Waals surface area (Å²) in [5, 5.41) is 17.1. The van der Waals surface area contributed by atoms with Crippen molar-refractivity contribution in [2.45, 2.75) is 39.3 Å². The zero-order valence-electron chi connectivity index (χ0n) is 11.5. The lowest BCUT2D eigenvalue weighted by Crippen LogP contribution is -2.14. The van der Waals surface area contributed by atoms with Gasteiger partial charge in [-0.2, -0.15) is 0 Å². The van der Waals surface area contributed by atoms with E-state index in [-0.39, 0.29) is 6.04 Å². The molecule has 6 heteroatoms. The van der Waals surface area contributed by atoms with Crippen molar-refractivity contribution < 1.29 is 5.21 Å². The van der Waals surface area contributed by atoms with Crippen molar-refractivity contribution in [3.63, 3.8) is 0 Å². The standard InChI is InChI=1S/C13H17N5O/c1-9(2)14-8-15-13(3,4)10-6-5-7-11-12(10)16-17-18(11)19/h5-7,9,19H,1-4H3. The molecular formula is C13H17N5O. The zero-order chi connectivity index (χ0) is 14.0. The van der Waals surface area contributed by atoms with Gasteiger partial charge in [0.25, 0.3) is 0 Å². The fraction of sp³-hybridized carbons (Fsp3) is 0.462. The molecule has 0 atom stereocenters. The van der Waals surface area contributed by atoms with Gasteiger partial charge in [0.2, 0.25) is 0 Å². The van der Waals surface area contributed by atoms with Crippen LogP contribution in [0.25, 0.3) is 11.0 Å². The van der Waals surface area contributed by atoms with Crippen LogP contribution in [-0.2, 0) is 5.54 Å². The third-order valence-corrected chi connectivity index (χ3v) is 2.76. The van der Waals surface area contributed by atoms with Crippen LogP contribution in [0.4, 0.5) is 0 Å². The molecule has 0 unspecified atom stereocenters. The van der Waals surface area contributed by atoms with Gasteiger partial charge in [0, 0.05) is 5.56 Å². The van der Waals surface area contributed by atoms with Gasteiger partial charge in [-0.15, -0.1) is 5.10 Å². The molecule has 0 bridgehead atoms. The number of rotatable bonds is 3. The van der Waals surface area contributed by atoms with Gasteiger partial charge in [0.05, 0.1) is 17.6 Å². The molecule has 0 spiro atoms. The Morgan fingerprint density at radius 3 is 2.79 bits per heavy atom. The van der Waals surface area contributed by atoms with E-state index < -0.39 is 5.54 Å². The number of nitrogens with zero attached hydrogens (tertiary/aromatic N) is 5. The largest absolute Gasteiger partial charge is 0.410 e. The molecule has 2 aromatic rings. The van der Waals surface area contributed by atoms with E-state index in [2.05, 4.69) is 26.3 Å². The van der Waals surface area contributed by atoms with E-state index in [0.717, 1.165) is 10.4 Å². The lowest BCUT2D eigenvalue weighted by atomic mass is 9.94. The van der Waals surface area contributed by atoms with Gasteiger partial charge in [0.1, 0.15) is 11.0 Å². The van der Waals surface area contributed by atoms with Crippen LogP contribution in [0.2, 0.25) is 0 Å². The molecule has 2 rings (SSSR count). The summed E-state index contributed by atoms with van der Waals surface area (Å²) in [6, 6.07) is 8.39. The van der Waals surface area contributed by atoms with Gasteiger partial charge in [-0.05, 0) is 39.0 Å². The van der Waals surface area contributed by atoms with Gasteiger partial charge >= 0.3 is 0 Å². The lowest BCUT2D eigenvalue weighted by Gasteiger charge is -2.18. The topological polar surface area (TPSA) is 75.7 Å². The number of hydrogen-bond acceptors (Lipinski definition) is 5. The molecule has 19 heavy (non-hydrogen) atoms. The summed E-state index contributed by atoms with van der Waals surface area (Å²) >= 11 is 0. The molecule has 0 aliphatic rings. The van der Waals surface area contributed by atoms with Crippen molar-refractivity contribution in [2.75, 3.05) is 0 Å². The van der Waals surface area contributed by atoms with Crippen molar-refractivity contribution in [3.05, 3.63) is 23.8 Å². The van der Waals surface area contributed by atoms with Crippen LogP contribution >= 0.6 is 0 Å². The minimum Gasteiger partial charge on any atom is -0.410 e. The fourth-order valence-electron chi connectivity index (χ4n) is 1.76. The maximum Gasteiger partial charge on any atom is 0.131 e. The summed E-state index contributed by atoms with van der Waals surface area (Å²) in [6.07, 6.45) is 0. The van der Waals surface area contributed by atoms with Gasteiger partial charge in [-0.1, -0.05) is 17.0 Å². The van der Waals surface area contributed by atoms with Crippen LogP contribution in [0.5, 0.6) is 0 Å². The summed E-state index contributed by atoms with van der Waals surface area (Å²) in [4.78, 5) is 9.23. The van der Waals surface area contributed by atoms with Crippen molar-refractivity contribution in [1.82, 2.24) is 15.2 Å². The first kappa shape index (κ1) is 13.2. The van der Waals surface area contributed by atoms with Crippen LogP contribution in [-0.4, -0.2) is 32.4 Å². The highest BCUT2D eigenvalue weighted by Crippen LogP contribution is 2.29. The fourth-order valence-corrected chi connectivity index (χ4v) is 1.76. The van der Waals surface area contributed by atoms with E-state index in [9.17, 15) is 5.21 Å². The maximum absolute atomic E-state index is 9.53. The van der Waals surface area contributed by atoms with E-state index in [1.165, 1.54) is 0 Å². The number of hydrogen-bond donors (Lipinski definition) is 1. The second-order valence-corrected chi connectivity index (χ2v) is 5.15. The third kappa shape index (κ3) is 2.63. The molecule has 1 heterocycles. The van der Waals surface area contributed by atoms with Crippen molar-refractivity contribution in [1.29, 1.82) is 0 Å². The first-order valence-electron chi connectivity index (χ1n) is 6.12. The number of aliphatic imine (C=N–C) groups is 2. The molecule has 0 fully saturated rings. The van der Waals surface area contributed by atoms with Gasteiger partial charge in [-0.25, -0.2) is 9.98 Å². The van der Waals surface area contributed by atoms with Crippen LogP contribution in [0, 0.1) is 0 Å². The molecule has 1 aromatic carbocycles.